The SMILES string of the molecule is N=Cc1cc(N)ccc1NC1CC1. The van der Waals surface area contributed by atoms with Crippen molar-refractivity contribution >= 4 is 17.6 Å². The smallest absolute Gasteiger partial charge is 0.0432 e. The van der Waals surface area contributed by atoms with Crippen molar-refractivity contribution < 1.29 is 0 Å². The van der Waals surface area contributed by atoms with Gasteiger partial charge in [0.2, 0.25) is 0 Å². The molecule has 1 saturated carbocycles. The van der Waals surface area contributed by atoms with E-state index in [1.54, 1.807) is 0 Å². The van der Waals surface area contributed by atoms with Crippen molar-refractivity contribution in [1.82, 2.24) is 0 Å². The topological polar surface area (TPSA) is 61.9 Å². The molecule has 4 N–H and O–H groups in total. The summed E-state index contributed by atoms with van der Waals surface area (Å²) in [6, 6.07) is 6.23. The van der Waals surface area contributed by atoms with E-state index in [9.17, 15) is 0 Å². The number of anilines is 2. The van der Waals surface area contributed by atoms with Crippen LogP contribution in [-0.4, -0.2) is 12.3 Å². The minimum atomic E-state index is 0.613. The Morgan fingerprint density at radius 2 is 2.23 bits per heavy atom. The van der Waals surface area contributed by atoms with Crippen LogP contribution in [0.15, 0.2) is 18.2 Å². The largest absolute Gasteiger partial charge is 0.399 e. The van der Waals surface area contributed by atoms with Crippen molar-refractivity contribution in [3.8, 4) is 0 Å². The van der Waals surface area contributed by atoms with Crippen LogP contribution in [0.1, 0.15) is 18.4 Å². The normalized spacial score (nSPS) is 15.4. The van der Waals surface area contributed by atoms with Crippen molar-refractivity contribution in [3.63, 3.8) is 0 Å². The highest BCUT2D eigenvalue weighted by Crippen LogP contribution is 2.26. The number of nitrogen functional groups attached to an aromatic ring is 1. The molecule has 1 aliphatic carbocycles. The van der Waals surface area contributed by atoms with Crippen LogP contribution in [0.5, 0.6) is 0 Å². The lowest BCUT2D eigenvalue weighted by atomic mass is 10.1. The quantitative estimate of drug-likeness (QED) is 0.485. The summed E-state index contributed by atoms with van der Waals surface area (Å²) in [7, 11) is 0. The molecule has 1 aromatic rings. The Labute approximate surface area is 77.5 Å². The molecular weight excluding hydrogens is 162 g/mol. The molecule has 1 aromatic carbocycles. The molecule has 68 valence electrons. The molecule has 0 bridgehead atoms. The van der Waals surface area contributed by atoms with Crippen molar-refractivity contribution in [3.05, 3.63) is 23.8 Å². The summed E-state index contributed by atoms with van der Waals surface area (Å²) in [5.74, 6) is 0. The Kier molecular flexibility index (Phi) is 1.93. The monoisotopic (exact) mass is 175 g/mol. The van der Waals surface area contributed by atoms with Gasteiger partial charge in [0.25, 0.3) is 0 Å². The molecule has 0 aromatic heterocycles. The molecule has 13 heavy (non-hydrogen) atoms. The van der Waals surface area contributed by atoms with E-state index in [0.717, 1.165) is 11.3 Å². The van der Waals surface area contributed by atoms with Gasteiger partial charge in [-0.1, -0.05) is 0 Å². The summed E-state index contributed by atoms with van der Waals surface area (Å²) in [5.41, 5.74) is 8.21. The third-order valence-electron chi connectivity index (χ3n) is 2.17. The Bertz CT molecular complexity index is 329. The average Bonchev–Trinajstić information content (AvgIpc) is 2.92. The summed E-state index contributed by atoms with van der Waals surface area (Å²) < 4.78 is 0. The van der Waals surface area contributed by atoms with Crippen LogP contribution in [-0.2, 0) is 0 Å². The number of rotatable bonds is 3. The van der Waals surface area contributed by atoms with E-state index in [-0.39, 0.29) is 0 Å². The first kappa shape index (κ1) is 8.10. The zero-order chi connectivity index (χ0) is 9.26. The number of hydrogen-bond acceptors (Lipinski definition) is 3. The molecule has 3 heteroatoms. The molecule has 0 heterocycles. The first-order valence-corrected chi connectivity index (χ1v) is 4.46. The fourth-order valence-electron chi connectivity index (χ4n) is 1.28. The number of nitrogens with two attached hydrogens (primary N) is 1. The molecule has 1 fully saturated rings. The van der Waals surface area contributed by atoms with Gasteiger partial charge in [-0.05, 0) is 31.0 Å². The Hall–Kier alpha value is -1.51. The van der Waals surface area contributed by atoms with E-state index in [1.165, 1.54) is 19.1 Å². The van der Waals surface area contributed by atoms with Crippen molar-refractivity contribution in [1.29, 1.82) is 5.41 Å². The van der Waals surface area contributed by atoms with E-state index in [4.69, 9.17) is 11.1 Å². The van der Waals surface area contributed by atoms with Gasteiger partial charge < -0.3 is 16.5 Å². The van der Waals surface area contributed by atoms with Gasteiger partial charge in [0.1, 0.15) is 0 Å². The highest BCUT2D eigenvalue weighted by Gasteiger charge is 2.21. The van der Waals surface area contributed by atoms with Crippen LogP contribution in [0.4, 0.5) is 11.4 Å². The number of benzene rings is 1. The van der Waals surface area contributed by atoms with Gasteiger partial charge >= 0.3 is 0 Å². The van der Waals surface area contributed by atoms with Crippen LogP contribution in [0.3, 0.4) is 0 Å². The van der Waals surface area contributed by atoms with E-state index in [2.05, 4.69) is 5.32 Å². The molecule has 2 rings (SSSR count). The fraction of sp³-hybridized carbons (Fsp3) is 0.300. The Morgan fingerprint density at radius 1 is 1.46 bits per heavy atom. The van der Waals surface area contributed by atoms with Crippen molar-refractivity contribution in [2.75, 3.05) is 11.1 Å². The molecule has 0 aliphatic heterocycles. The summed E-state index contributed by atoms with van der Waals surface area (Å²) in [6.07, 6.45) is 3.81. The van der Waals surface area contributed by atoms with Crippen LogP contribution >= 0.6 is 0 Å². The summed E-state index contributed by atoms with van der Waals surface area (Å²) >= 11 is 0. The Balaban J connectivity index is 2.25. The molecule has 0 atom stereocenters. The molecule has 0 unspecified atom stereocenters. The lowest BCUT2D eigenvalue weighted by Gasteiger charge is -2.08. The predicted octanol–water partition coefficient (Wildman–Crippen LogP) is 1.84. The van der Waals surface area contributed by atoms with Crippen LogP contribution in [0, 0.1) is 5.41 Å². The molecule has 3 nitrogen and oxygen atoms in total. The predicted molar refractivity (Wildman–Crippen MR) is 55.4 cm³/mol. The van der Waals surface area contributed by atoms with Crippen LogP contribution < -0.4 is 11.1 Å². The van der Waals surface area contributed by atoms with E-state index in [0.29, 0.717) is 11.7 Å². The summed E-state index contributed by atoms with van der Waals surface area (Å²) in [4.78, 5) is 0. The van der Waals surface area contributed by atoms with Crippen LogP contribution in [0.25, 0.3) is 0 Å². The third-order valence-corrected chi connectivity index (χ3v) is 2.17. The summed E-state index contributed by atoms with van der Waals surface area (Å²) in [6.45, 7) is 0. The second kappa shape index (κ2) is 3.09. The lowest BCUT2D eigenvalue weighted by molar-refractivity contribution is 1.15. The van der Waals surface area contributed by atoms with Gasteiger partial charge in [-0.2, -0.15) is 0 Å². The Morgan fingerprint density at radius 3 is 2.85 bits per heavy atom. The zero-order valence-corrected chi connectivity index (χ0v) is 7.38. The summed E-state index contributed by atoms with van der Waals surface area (Å²) in [5, 5.41) is 10.6. The zero-order valence-electron chi connectivity index (χ0n) is 7.38. The van der Waals surface area contributed by atoms with Gasteiger partial charge in [-0.15, -0.1) is 0 Å². The number of nitrogens with one attached hydrogen (secondary N) is 2. The van der Waals surface area contributed by atoms with E-state index >= 15 is 0 Å². The van der Waals surface area contributed by atoms with Gasteiger partial charge in [-0.3, -0.25) is 0 Å². The number of hydrogen-bond donors (Lipinski definition) is 3. The first-order chi connectivity index (χ1) is 6.29. The van der Waals surface area contributed by atoms with Gasteiger partial charge in [0.05, 0.1) is 0 Å². The van der Waals surface area contributed by atoms with E-state index < -0.39 is 0 Å². The maximum atomic E-state index is 7.23. The standard InChI is InChI=1S/C10H13N3/c11-6-7-5-8(12)1-4-10(7)13-9-2-3-9/h1,4-6,9,11,13H,2-3,12H2. The van der Waals surface area contributed by atoms with Gasteiger partial charge in [0, 0.05) is 29.2 Å². The molecule has 1 aliphatic rings. The maximum Gasteiger partial charge on any atom is 0.0432 e. The third kappa shape index (κ3) is 1.80. The molecule has 0 amide bonds. The van der Waals surface area contributed by atoms with Crippen molar-refractivity contribution in [2.24, 2.45) is 0 Å². The van der Waals surface area contributed by atoms with Gasteiger partial charge in [-0.25, -0.2) is 0 Å². The fourth-order valence-corrected chi connectivity index (χ4v) is 1.28. The minimum absolute atomic E-state index is 0.613. The van der Waals surface area contributed by atoms with Crippen LogP contribution in [0.2, 0.25) is 0 Å². The highest BCUT2D eigenvalue weighted by atomic mass is 15.0. The molecule has 0 spiro atoms. The molecule has 0 saturated heterocycles. The maximum absolute atomic E-state index is 7.23. The highest BCUT2D eigenvalue weighted by molar-refractivity contribution is 5.87. The van der Waals surface area contributed by atoms with Crippen molar-refractivity contribution in [2.45, 2.75) is 18.9 Å². The molecule has 0 radical (unpaired) electrons. The minimum Gasteiger partial charge on any atom is -0.399 e. The molecular formula is C10H13N3. The first-order valence-electron chi connectivity index (χ1n) is 4.46. The lowest BCUT2D eigenvalue weighted by Crippen LogP contribution is -2.04. The van der Waals surface area contributed by atoms with E-state index in [1.807, 2.05) is 18.2 Å². The second-order valence-electron chi connectivity index (χ2n) is 3.41. The average molecular weight is 175 g/mol. The second-order valence-corrected chi connectivity index (χ2v) is 3.41. The van der Waals surface area contributed by atoms with Gasteiger partial charge in [0.15, 0.2) is 0 Å².